The molecule has 4 heteroatoms. The van der Waals surface area contributed by atoms with Gasteiger partial charge in [0.1, 0.15) is 0 Å². The van der Waals surface area contributed by atoms with Gasteiger partial charge in [0, 0.05) is 13.0 Å². The first kappa shape index (κ1) is 15.4. The zero-order chi connectivity index (χ0) is 15.7. The Morgan fingerprint density at radius 1 is 1.05 bits per heavy atom. The first-order chi connectivity index (χ1) is 10.6. The molecule has 0 spiro atoms. The van der Waals surface area contributed by atoms with Gasteiger partial charge in [0.15, 0.2) is 0 Å². The summed E-state index contributed by atoms with van der Waals surface area (Å²) in [7, 11) is 1.84. The van der Waals surface area contributed by atoms with Crippen LogP contribution in [0.4, 0.5) is 0 Å². The summed E-state index contributed by atoms with van der Waals surface area (Å²) in [5, 5.41) is 1.16. The van der Waals surface area contributed by atoms with Crippen LogP contribution >= 0.6 is 23.2 Å². The molecule has 0 saturated carbocycles. The van der Waals surface area contributed by atoms with Crippen LogP contribution in [0.15, 0.2) is 42.5 Å². The Labute approximate surface area is 140 Å². The molecule has 2 aromatic rings. The van der Waals surface area contributed by atoms with Gasteiger partial charge < -0.3 is 4.90 Å². The van der Waals surface area contributed by atoms with Gasteiger partial charge in [-0.2, -0.15) is 0 Å². The summed E-state index contributed by atoms with van der Waals surface area (Å²) in [6, 6.07) is 14.3. The van der Waals surface area contributed by atoms with Crippen molar-refractivity contribution in [1.82, 2.24) is 4.90 Å². The first-order valence-electron chi connectivity index (χ1n) is 7.33. The molecule has 0 saturated heterocycles. The van der Waals surface area contributed by atoms with Crippen molar-refractivity contribution in [3.63, 3.8) is 0 Å². The highest BCUT2D eigenvalue weighted by atomic mass is 35.5. The van der Waals surface area contributed by atoms with Gasteiger partial charge in [-0.25, -0.2) is 0 Å². The SMILES string of the molecule is CN(C=O)[C@H]1CC[C@@H](c2ccc(Cl)c(Cl)c2)c2ccccc21. The highest BCUT2D eigenvalue weighted by Crippen LogP contribution is 2.43. The fourth-order valence-corrected chi connectivity index (χ4v) is 3.65. The second-order valence-corrected chi connectivity index (χ2v) is 6.53. The molecule has 0 fully saturated rings. The Balaban J connectivity index is 2.04. The molecule has 1 amide bonds. The monoisotopic (exact) mass is 333 g/mol. The summed E-state index contributed by atoms with van der Waals surface area (Å²) in [4.78, 5) is 12.9. The summed E-state index contributed by atoms with van der Waals surface area (Å²) >= 11 is 12.2. The van der Waals surface area contributed by atoms with E-state index in [4.69, 9.17) is 23.2 Å². The summed E-state index contributed by atoms with van der Waals surface area (Å²) in [6.07, 6.45) is 2.83. The van der Waals surface area contributed by atoms with E-state index in [-0.39, 0.29) is 6.04 Å². The zero-order valence-electron chi connectivity index (χ0n) is 12.3. The van der Waals surface area contributed by atoms with Crippen LogP contribution in [-0.4, -0.2) is 18.4 Å². The summed E-state index contributed by atoms with van der Waals surface area (Å²) in [5.74, 6) is 0.294. The Kier molecular flexibility index (Phi) is 4.42. The molecule has 0 N–H and O–H groups in total. The van der Waals surface area contributed by atoms with Crippen molar-refractivity contribution in [1.29, 1.82) is 0 Å². The van der Waals surface area contributed by atoms with Crippen LogP contribution in [0.25, 0.3) is 0 Å². The van der Waals surface area contributed by atoms with Crippen molar-refractivity contribution in [2.24, 2.45) is 0 Å². The Morgan fingerprint density at radius 3 is 2.45 bits per heavy atom. The van der Waals surface area contributed by atoms with Crippen molar-refractivity contribution in [2.75, 3.05) is 7.05 Å². The smallest absolute Gasteiger partial charge is 0.209 e. The maximum absolute atomic E-state index is 11.1. The summed E-state index contributed by atoms with van der Waals surface area (Å²) < 4.78 is 0. The minimum absolute atomic E-state index is 0.146. The van der Waals surface area contributed by atoms with Crippen molar-refractivity contribution in [2.45, 2.75) is 24.8 Å². The lowest BCUT2D eigenvalue weighted by Gasteiger charge is -2.35. The number of rotatable bonds is 3. The van der Waals surface area contributed by atoms with Crippen LogP contribution in [0.5, 0.6) is 0 Å². The molecule has 0 heterocycles. The summed E-state index contributed by atoms with van der Waals surface area (Å²) in [5.41, 5.74) is 3.67. The Morgan fingerprint density at radius 2 is 1.77 bits per heavy atom. The fourth-order valence-electron chi connectivity index (χ4n) is 3.34. The summed E-state index contributed by atoms with van der Waals surface area (Å²) in [6.45, 7) is 0. The number of hydrogen-bond donors (Lipinski definition) is 0. The lowest BCUT2D eigenvalue weighted by molar-refractivity contribution is -0.119. The van der Waals surface area contributed by atoms with E-state index < -0.39 is 0 Å². The second kappa shape index (κ2) is 6.31. The third kappa shape index (κ3) is 2.73. The minimum Gasteiger partial charge on any atom is -0.341 e. The highest BCUT2D eigenvalue weighted by molar-refractivity contribution is 6.42. The van der Waals surface area contributed by atoms with Crippen LogP contribution in [0, 0.1) is 0 Å². The third-order valence-corrected chi connectivity index (χ3v) is 5.20. The van der Waals surface area contributed by atoms with E-state index in [2.05, 4.69) is 12.1 Å². The molecule has 22 heavy (non-hydrogen) atoms. The van der Waals surface area contributed by atoms with E-state index in [1.54, 1.807) is 4.90 Å². The first-order valence-corrected chi connectivity index (χ1v) is 8.08. The Bertz CT molecular complexity index is 701. The average molecular weight is 334 g/mol. The molecule has 1 aliphatic carbocycles. The van der Waals surface area contributed by atoms with Crippen LogP contribution < -0.4 is 0 Å². The predicted molar refractivity (Wildman–Crippen MR) is 90.5 cm³/mol. The molecule has 0 unspecified atom stereocenters. The maximum atomic E-state index is 11.1. The molecule has 2 nitrogen and oxygen atoms in total. The number of nitrogens with zero attached hydrogens (tertiary/aromatic N) is 1. The van der Waals surface area contributed by atoms with Crippen molar-refractivity contribution < 1.29 is 4.79 Å². The molecular weight excluding hydrogens is 317 g/mol. The van der Waals surface area contributed by atoms with Gasteiger partial charge in [0.2, 0.25) is 6.41 Å². The van der Waals surface area contributed by atoms with Crippen LogP contribution in [0.2, 0.25) is 10.0 Å². The van der Waals surface area contributed by atoms with Gasteiger partial charge in [-0.15, -0.1) is 0 Å². The molecule has 2 aromatic carbocycles. The number of carbonyl (C=O) groups excluding carboxylic acids is 1. The van der Waals surface area contributed by atoms with Gasteiger partial charge in [-0.05, 0) is 41.7 Å². The maximum Gasteiger partial charge on any atom is 0.209 e. The minimum atomic E-state index is 0.146. The number of fused-ring (bicyclic) bond motifs is 1. The van der Waals surface area contributed by atoms with E-state index in [1.165, 1.54) is 16.7 Å². The normalized spacial score (nSPS) is 20.3. The standard InChI is InChI=1S/C18H17Cl2NO/c1-21(11-22)18-9-7-13(14-4-2-3-5-15(14)18)12-6-8-16(19)17(20)10-12/h2-6,8,10-11,13,18H,7,9H2,1H3/t13-,18-/m0/s1. The number of hydrogen-bond acceptors (Lipinski definition) is 1. The van der Waals surface area contributed by atoms with E-state index in [9.17, 15) is 4.79 Å². The largest absolute Gasteiger partial charge is 0.341 e. The molecule has 0 radical (unpaired) electrons. The predicted octanol–water partition coefficient (Wildman–Crippen LogP) is 5.05. The van der Waals surface area contributed by atoms with E-state index >= 15 is 0 Å². The fraction of sp³-hybridized carbons (Fsp3) is 0.278. The second-order valence-electron chi connectivity index (χ2n) is 5.72. The van der Waals surface area contributed by atoms with Gasteiger partial charge >= 0.3 is 0 Å². The van der Waals surface area contributed by atoms with E-state index in [0.717, 1.165) is 19.3 Å². The zero-order valence-corrected chi connectivity index (χ0v) is 13.8. The van der Waals surface area contributed by atoms with E-state index in [1.807, 2.05) is 37.4 Å². The van der Waals surface area contributed by atoms with Crippen LogP contribution in [0.1, 0.15) is 41.5 Å². The van der Waals surface area contributed by atoms with E-state index in [0.29, 0.717) is 16.0 Å². The van der Waals surface area contributed by atoms with Crippen LogP contribution in [-0.2, 0) is 4.79 Å². The lowest BCUT2D eigenvalue weighted by Crippen LogP contribution is -2.28. The molecule has 0 bridgehead atoms. The molecule has 114 valence electrons. The van der Waals surface area contributed by atoms with Crippen molar-refractivity contribution >= 4 is 29.6 Å². The number of halogens is 2. The highest BCUT2D eigenvalue weighted by Gasteiger charge is 2.29. The molecule has 1 aliphatic rings. The molecular formula is C18H17Cl2NO. The van der Waals surface area contributed by atoms with Crippen LogP contribution in [0.3, 0.4) is 0 Å². The van der Waals surface area contributed by atoms with Gasteiger partial charge in [-0.3, -0.25) is 4.79 Å². The number of carbonyl (C=O) groups is 1. The third-order valence-electron chi connectivity index (χ3n) is 4.46. The van der Waals surface area contributed by atoms with Crippen molar-refractivity contribution in [3.8, 4) is 0 Å². The number of benzene rings is 2. The molecule has 3 rings (SSSR count). The van der Waals surface area contributed by atoms with Gasteiger partial charge in [0.05, 0.1) is 16.1 Å². The topological polar surface area (TPSA) is 20.3 Å². The Hall–Kier alpha value is -1.51. The van der Waals surface area contributed by atoms with Gasteiger partial charge in [0.25, 0.3) is 0 Å². The quantitative estimate of drug-likeness (QED) is 0.720. The number of amides is 1. The lowest BCUT2D eigenvalue weighted by atomic mass is 9.76. The van der Waals surface area contributed by atoms with Gasteiger partial charge in [-0.1, -0.05) is 53.5 Å². The van der Waals surface area contributed by atoms with Crippen molar-refractivity contribution in [3.05, 3.63) is 69.2 Å². The molecule has 2 atom stereocenters. The molecule has 0 aliphatic heterocycles. The molecule has 0 aromatic heterocycles. The average Bonchev–Trinajstić information content (AvgIpc) is 2.55.